The van der Waals surface area contributed by atoms with E-state index in [0.29, 0.717) is 13.2 Å². The minimum atomic E-state index is 0.556. The maximum Gasteiger partial charge on any atom is 0.193 e. The number of aliphatic imine (C=N–C) groups is 1. The van der Waals surface area contributed by atoms with Crippen LogP contribution in [0.3, 0.4) is 0 Å². The smallest absolute Gasteiger partial charge is 0.193 e. The molecule has 1 aromatic carbocycles. The van der Waals surface area contributed by atoms with E-state index in [9.17, 15) is 0 Å². The van der Waals surface area contributed by atoms with Gasteiger partial charge in [-0.3, -0.25) is 4.99 Å². The van der Waals surface area contributed by atoms with Crippen molar-refractivity contribution in [3.05, 3.63) is 29.8 Å². The van der Waals surface area contributed by atoms with Crippen LogP contribution >= 0.6 is 0 Å². The van der Waals surface area contributed by atoms with Crippen LogP contribution in [0.2, 0.25) is 0 Å². The second kappa shape index (κ2) is 11.8. The van der Waals surface area contributed by atoms with Gasteiger partial charge >= 0.3 is 0 Å². The van der Waals surface area contributed by atoms with E-state index in [0.717, 1.165) is 55.9 Å². The van der Waals surface area contributed by atoms with E-state index in [1.807, 2.05) is 31.3 Å². The lowest BCUT2D eigenvalue weighted by Gasteiger charge is -2.24. The number of nitrogens with zero attached hydrogens (tertiary/aromatic N) is 3. The van der Waals surface area contributed by atoms with Crippen LogP contribution in [0.5, 0.6) is 5.75 Å². The number of hydrogen-bond donors (Lipinski definition) is 1. The van der Waals surface area contributed by atoms with Crippen molar-refractivity contribution in [3.8, 4) is 5.75 Å². The molecule has 1 aliphatic heterocycles. The fourth-order valence-electron chi connectivity index (χ4n) is 3.59. The lowest BCUT2D eigenvalue weighted by molar-refractivity contribution is 0.123. The standard InChI is InChI=1S/C21H36N4O2/c1-5-24(6-2)15-18-11-13-25(16-18)21(22-3)23-12-14-27-17-19-9-7-8-10-20(19)26-4/h7-10,18H,5-6,11-17H2,1-4H3,(H,22,23). The maximum absolute atomic E-state index is 5.80. The maximum atomic E-state index is 5.80. The third kappa shape index (κ3) is 6.70. The molecule has 2 rings (SSSR count). The Balaban J connectivity index is 1.69. The van der Waals surface area contributed by atoms with Crippen LogP contribution in [0, 0.1) is 5.92 Å². The van der Waals surface area contributed by atoms with E-state index < -0.39 is 0 Å². The van der Waals surface area contributed by atoms with Gasteiger partial charge in [0, 0.05) is 38.8 Å². The highest BCUT2D eigenvalue weighted by atomic mass is 16.5. The average Bonchev–Trinajstić information content (AvgIpc) is 3.17. The molecule has 1 unspecified atom stereocenters. The molecule has 6 heteroatoms. The third-order valence-electron chi connectivity index (χ3n) is 5.19. The summed E-state index contributed by atoms with van der Waals surface area (Å²) in [5.74, 6) is 2.58. The highest BCUT2D eigenvalue weighted by Crippen LogP contribution is 2.18. The molecule has 1 fully saturated rings. The van der Waals surface area contributed by atoms with E-state index in [1.54, 1.807) is 7.11 Å². The first kappa shape index (κ1) is 21.5. The van der Waals surface area contributed by atoms with E-state index in [4.69, 9.17) is 9.47 Å². The van der Waals surface area contributed by atoms with Gasteiger partial charge in [-0.05, 0) is 31.5 Å². The monoisotopic (exact) mass is 376 g/mol. The third-order valence-corrected chi connectivity index (χ3v) is 5.19. The number of hydrogen-bond acceptors (Lipinski definition) is 4. The zero-order chi connectivity index (χ0) is 19.5. The zero-order valence-corrected chi connectivity index (χ0v) is 17.4. The molecule has 0 saturated carbocycles. The lowest BCUT2D eigenvalue weighted by Crippen LogP contribution is -2.42. The Morgan fingerprint density at radius 3 is 2.78 bits per heavy atom. The minimum absolute atomic E-state index is 0.556. The van der Waals surface area contributed by atoms with Crippen molar-refractivity contribution in [1.29, 1.82) is 0 Å². The number of rotatable bonds is 10. The topological polar surface area (TPSA) is 49.3 Å². The summed E-state index contributed by atoms with van der Waals surface area (Å²) in [6.07, 6.45) is 1.24. The fraction of sp³-hybridized carbons (Fsp3) is 0.667. The molecule has 1 atom stereocenters. The van der Waals surface area contributed by atoms with Crippen LogP contribution in [0.15, 0.2) is 29.3 Å². The second-order valence-corrected chi connectivity index (χ2v) is 6.92. The molecular formula is C21H36N4O2. The second-order valence-electron chi connectivity index (χ2n) is 6.92. The molecule has 1 saturated heterocycles. The van der Waals surface area contributed by atoms with Gasteiger partial charge in [-0.15, -0.1) is 0 Å². The van der Waals surface area contributed by atoms with E-state index in [2.05, 4.69) is 34.0 Å². The van der Waals surface area contributed by atoms with Crippen LogP contribution in [0.25, 0.3) is 0 Å². The van der Waals surface area contributed by atoms with Crippen molar-refractivity contribution < 1.29 is 9.47 Å². The Morgan fingerprint density at radius 1 is 1.30 bits per heavy atom. The van der Waals surface area contributed by atoms with Gasteiger partial charge in [0.2, 0.25) is 0 Å². The quantitative estimate of drug-likeness (QED) is 0.386. The molecule has 1 aromatic rings. The van der Waals surface area contributed by atoms with Crippen molar-refractivity contribution in [3.63, 3.8) is 0 Å². The molecule has 152 valence electrons. The van der Waals surface area contributed by atoms with Crippen LogP contribution in [-0.4, -0.2) is 75.8 Å². The van der Waals surface area contributed by atoms with Gasteiger partial charge in [-0.25, -0.2) is 0 Å². The summed E-state index contributed by atoms with van der Waals surface area (Å²) in [5, 5.41) is 3.43. The van der Waals surface area contributed by atoms with Gasteiger partial charge in [0.1, 0.15) is 5.75 Å². The van der Waals surface area contributed by atoms with Crippen molar-refractivity contribution in [2.45, 2.75) is 26.9 Å². The lowest BCUT2D eigenvalue weighted by atomic mass is 10.1. The van der Waals surface area contributed by atoms with Gasteiger partial charge in [-0.1, -0.05) is 32.0 Å². The summed E-state index contributed by atoms with van der Waals surface area (Å²) in [4.78, 5) is 9.33. The first-order valence-corrected chi connectivity index (χ1v) is 10.1. The molecule has 0 radical (unpaired) electrons. The summed E-state index contributed by atoms with van der Waals surface area (Å²) in [6, 6.07) is 7.97. The zero-order valence-electron chi connectivity index (χ0n) is 17.4. The number of methoxy groups -OCH3 is 1. The fourth-order valence-corrected chi connectivity index (χ4v) is 3.59. The predicted octanol–water partition coefficient (Wildman–Crippen LogP) is 2.45. The molecule has 27 heavy (non-hydrogen) atoms. The van der Waals surface area contributed by atoms with Gasteiger partial charge < -0.3 is 24.6 Å². The summed E-state index contributed by atoms with van der Waals surface area (Å²) in [5.41, 5.74) is 1.07. The van der Waals surface area contributed by atoms with Crippen molar-refractivity contribution >= 4 is 5.96 Å². The van der Waals surface area contributed by atoms with E-state index in [1.165, 1.54) is 13.0 Å². The largest absolute Gasteiger partial charge is 0.496 e. The summed E-state index contributed by atoms with van der Waals surface area (Å²) in [7, 11) is 3.55. The average molecular weight is 377 g/mol. The number of guanidine groups is 1. The molecule has 0 bridgehead atoms. The van der Waals surface area contributed by atoms with E-state index in [-0.39, 0.29) is 0 Å². The Morgan fingerprint density at radius 2 is 2.07 bits per heavy atom. The first-order valence-electron chi connectivity index (χ1n) is 10.1. The van der Waals surface area contributed by atoms with Crippen LogP contribution < -0.4 is 10.1 Å². The van der Waals surface area contributed by atoms with Gasteiger partial charge in [0.25, 0.3) is 0 Å². The summed E-state index contributed by atoms with van der Waals surface area (Å²) < 4.78 is 11.2. The Hall–Kier alpha value is -1.79. The van der Waals surface area contributed by atoms with Crippen molar-refractivity contribution in [1.82, 2.24) is 15.1 Å². The number of ether oxygens (including phenoxy) is 2. The highest BCUT2D eigenvalue weighted by molar-refractivity contribution is 5.80. The molecule has 6 nitrogen and oxygen atoms in total. The minimum Gasteiger partial charge on any atom is -0.496 e. The Labute approximate surface area is 164 Å². The molecular weight excluding hydrogens is 340 g/mol. The number of benzene rings is 1. The van der Waals surface area contributed by atoms with Gasteiger partial charge in [0.15, 0.2) is 5.96 Å². The molecule has 1 N–H and O–H groups in total. The molecule has 0 aliphatic carbocycles. The van der Waals surface area contributed by atoms with Gasteiger partial charge in [0.05, 0.1) is 20.3 Å². The van der Waals surface area contributed by atoms with Crippen molar-refractivity contribution in [2.24, 2.45) is 10.9 Å². The number of nitrogens with one attached hydrogen (secondary N) is 1. The molecule has 0 aromatic heterocycles. The van der Waals surface area contributed by atoms with Gasteiger partial charge in [-0.2, -0.15) is 0 Å². The van der Waals surface area contributed by atoms with Crippen LogP contribution in [0.1, 0.15) is 25.8 Å². The normalized spacial score (nSPS) is 17.6. The molecule has 1 aliphatic rings. The number of para-hydroxylation sites is 1. The molecule has 1 heterocycles. The predicted molar refractivity (Wildman–Crippen MR) is 111 cm³/mol. The Bertz CT molecular complexity index is 575. The molecule has 0 spiro atoms. The summed E-state index contributed by atoms with van der Waals surface area (Å²) in [6.45, 7) is 12.0. The first-order chi connectivity index (χ1) is 13.2. The van der Waals surface area contributed by atoms with Crippen LogP contribution in [-0.2, 0) is 11.3 Å². The summed E-state index contributed by atoms with van der Waals surface area (Å²) >= 11 is 0. The number of likely N-dealkylation sites (tertiary alicyclic amines) is 1. The molecule has 0 amide bonds. The highest BCUT2D eigenvalue weighted by Gasteiger charge is 2.25. The van der Waals surface area contributed by atoms with Crippen LogP contribution in [0.4, 0.5) is 0 Å². The Kier molecular flexibility index (Phi) is 9.42. The van der Waals surface area contributed by atoms with E-state index >= 15 is 0 Å². The SMILES string of the molecule is CCN(CC)CC1CCN(C(=NC)NCCOCc2ccccc2OC)C1. The van der Waals surface area contributed by atoms with Crippen molar-refractivity contribution in [2.75, 3.05) is 60.0 Å².